The summed E-state index contributed by atoms with van der Waals surface area (Å²) in [5.41, 5.74) is -3.20. The average molecular weight is 577 g/mol. The minimum absolute atomic E-state index is 0.0000959. The molecule has 0 aliphatic carbocycles. The highest BCUT2D eigenvalue weighted by Crippen LogP contribution is 2.48. The number of piperazine rings is 1. The molecule has 3 aromatic rings. The molecule has 2 aliphatic rings. The van der Waals surface area contributed by atoms with Crippen molar-refractivity contribution >= 4 is 28.9 Å². The molecule has 2 aromatic carbocycles. The van der Waals surface area contributed by atoms with E-state index in [4.69, 9.17) is 4.74 Å². The fraction of sp³-hybridized carbons (Fsp3) is 0.357. The van der Waals surface area contributed by atoms with Crippen LogP contribution in [0.2, 0.25) is 0 Å². The number of hydrogen-bond donors (Lipinski definition) is 0. The molecule has 41 heavy (non-hydrogen) atoms. The van der Waals surface area contributed by atoms with Gasteiger partial charge in [0.15, 0.2) is 5.75 Å². The zero-order valence-corrected chi connectivity index (χ0v) is 21.9. The summed E-state index contributed by atoms with van der Waals surface area (Å²) in [6.07, 6.45) is -3.06. The number of aldehydes is 1. The zero-order chi connectivity index (χ0) is 29.6. The van der Waals surface area contributed by atoms with E-state index >= 15 is 0 Å². The van der Waals surface area contributed by atoms with E-state index < -0.39 is 58.2 Å². The van der Waals surface area contributed by atoms with Crippen LogP contribution in [0.1, 0.15) is 25.3 Å². The molecular weight excluding hydrogens is 551 g/mol. The molecule has 0 saturated carbocycles. The van der Waals surface area contributed by atoms with E-state index in [9.17, 15) is 36.3 Å². The maximum atomic E-state index is 15.0. The highest BCUT2D eigenvalue weighted by Gasteiger charge is 2.40. The van der Waals surface area contributed by atoms with Gasteiger partial charge in [-0.1, -0.05) is 6.58 Å². The molecule has 0 radical (unpaired) electrons. The van der Waals surface area contributed by atoms with Gasteiger partial charge in [-0.05, 0) is 37.6 Å². The van der Waals surface area contributed by atoms with Crippen LogP contribution in [0, 0.1) is 11.6 Å². The first-order valence-corrected chi connectivity index (χ1v) is 12.9. The Bertz CT molecular complexity index is 1620. The normalized spacial score (nSPS) is 19.1. The van der Waals surface area contributed by atoms with Crippen LogP contribution in [-0.2, 0) is 22.3 Å². The number of benzene rings is 2. The van der Waals surface area contributed by atoms with Crippen molar-refractivity contribution in [1.82, 2.24) is 14.5 Å². The largest absolute Gasteiger partial charge is 0.491 e. The molecule has 1 aromatic heterocycles. The standard InChI is InChI=1S/C28H25F5N4O4/c1-3-22(39)37-15(2)13-35(14-17(37)7-9-38)26-19-12-20(28(31,32)33)23(18-6-5-16(29)11-21(18)30)25-24(19)36(27(40)34-26)8-4-10-41-25/h3,5-6,9,11-12,15,17H,1,4,7-8,10,13-14H2,2H3. The number of halogens is 5. The lowest BCUT2D eigenvalue weighted by molar-refractivity contribution is -0.137. The van der Waals surface area contributed by atoms with Crippen molar-refractivity contribution in [1.29, 1.82) is 0 Å². The third-order valence-corrected chi connectivity index (χ3v) is 7.36. The molecule has 8 nitrogen and oxygen atoms in total. The monoisotopic (exact) mass is 576 g/mol. The molecule has 5 rings (SSSR count). The Kier molecular flexibility index (Phi) is 7.30. The van der Waals surface area contributed by atoms with Crippen LogP contribution in [0.25, 0.3) is 22.0 Å². The Balaban J connectivity index is 1.81. The number of amides is 1. The first-order valence-electron chi connectivity index (χ1n) is 12.9. The number of anilines is 1. The molecule has 0 spiro atoms. The number of hydrogen-bond acceptors (Lipinski definition) is 6. The number of carbonyl (C=O) groups excluding carboxylic acids is 2. The molecule has 2 unspecified atom stereocenters. The van der Waals surface area contributed by atoms with Crippen LogP contribution in [0.15, 0.2) is 41.7 Å². The predicted octanol–water partition coefficient (Wildman–Crippen LogP) is 4.32. The van der Waals surface area contributed by atoms with Crippen molar-refractivity contribution in [2.45, 2.75) is 44.6 Å². The number of rotatable bonds is 5. The smallest absolute Gasteiger partial charge is 0.417 e. The zero-order valence-electron chi connectivity index (χ0n) is 21.9. The van der Waals surface area contributed by atoms with Crippen LogP contribution in [0.5, 0.6) is 5.75 Å². The van der Waals surface area contributed by atoms with Gasteiger partial charge in [-0.25, -0.2) is 13.6 Å². The van der Waals surface area contributed by atoms with Gasteiger partial charge in [-0.2, -0.15) is 18.2 Å². The molecule has 2 atom stereocenters. The quantitative estimate of drug-likeness (QED) is 0.256. The number of ether oxygens (including phenoxy) is 1. The minimum atomic E-state index is -5.00. The maximum absolute atomic E-state index is 15.0. The second-order valence-corrected chi connectivity index (χ2v) is 9.98. The van der Waals surface area contributed by atoms with Crippen molar-refractivity contribution in [3.63, 3.8) is 0 Å². The van der Waals surface area contributed by atoms with Crippen molar-refractivity contribution < 1.29 is 36.3 Å². The Morgan fingerprint density at radius 1 is 1.22 bits per heavy atom. The fourth-order valence-corrected chi connectivity index (χ4v) is 5.72. The van der Waals surface area contributed by atoms with Crippen LogP contribution in [0.4, 0.5) is 27.8 Å². The van der Waals surface area contributed by atoms with E-state index in [1.54, 1.807) is 11.8 Å². The highest BCUT2D eigenvalue weighted by atomic mass is 19.4. The molecule has 3 heterocycles. The van der Waals surface area contributed by atoms with E-state index in [2.05, 4.69) is 11.6 Å². The van der Waals surface area contributed by atoms with Crippen molar-refractivity contribution in [3.8, 4) is 16.9 Å². The molecule has 1 fully saturated rings. The molecule has 216 valence electrons. The Morgan fingerprint density at radius 3 is 2.63 bits per heavy atom. The third-order valence-electron chi connectivity index (χ3n) is 7.36. The van der Waals surface area contributed by atoms with Crippen molar-refractivity contribution in [2.24, 2.45) is 0 Å². The molecule has 1 saturated heterocycles. The number of nitrogens with zero attached hydrogens (tertiary/aromatic N) is 4. The van der Waals surface area contributed by atoms with E-state index in [1.807, 2.05) is 0 Å². The number of aryl methyl sites for hydroxylation is 1. The Labute approximate surface area is 230 Å². The first kappa shape index (κ1) is 28.2. The third kappa shape index (κ3) is 4.93. The molecule has 0 N–H and O–H groups in total. The molecular formula is C28H25F5N4O4. The van der Waals surface area contributed by atoms with Gasteiger partial charge in [0.25, 0.3) is 0 Å². The van der Waals surface area contributed by atoms with Crippen molar-refractivity contribution in [3.05, 3.63) is 64.6 Å². The molecule has 2 aliphatic heterocycles. The highest BCUT2D eigenvalue weighted by molar-refractivity contribution is 6.00. The second-order valence-electron chi connectivity index (χ2n) is 9.98. The van der Waals surface area contributed by atoms with Gasteiger partial charge in [0.2, 0.25) is 5.91 Å². The average Bonchev–Trinajstić information content (AvgIpc) is 3.14. The fourth-order valence-electron chi connectivity index (χ4n) is 5.72. The molecule has 13 heteroatoms. The SMILES string of the molecule is C=CC(=O)N1C(C)CN(c2nc(=O)n3c4c(c(-c5ccc(F)cc5F)c(C(F)(F)F)cc24)OCCC3)CC1CC=O. The van der Waals surface area contributed by atoms with E-state index in [1.165, 1.54) is 9.47 Å². The van der Waals surface area contributed by atoms with Gasteiger partial charge >= 0.3 is 11.9 Å². The van der Waals surface area contributed by atoms with E-state index in [-0.39, 0.29) is 61.6 Å². The molecule has 0 bridgehead atoms. The summed E-state index contributed by atoms with van der Waals surface area (Å²) < 4.78 is 79.5. The van der Waals surface area contributed by atoms with Crippen molar-refractivity contribution in [2.75, 3.05) is 24.6 Å². The maximum Gasteiger partial charge on any atom is 0.417 e. The lowest BCUT2D eigenvalue weighted by Gasteiger charge is -2.45. The lowest BCUT2D eigenvalue weighted by Crippen LogP contribution is -2.60. The summed E-state index contributed by atoms with van der Waals surface area (Å²) >= 11 is 0. The number of aromatic nitrogens is 2. The number of carbonyl (C=O) groups is 2. The van der Waals surface area contributed by atoms with Gasteiger partial charge in [0.05, 0.1) is 23.7 Å². The predicted molar refractivity (Wildman–Crippen MR) is 140 cm³/mol. The van der Waals surface area contributed by atoms with Gasteiger partial charge in [0.1, 0.15) is 23.7 Å². The lowest BCUT2D eigenvalue weighted by atomic mass is 9.94. The first-order chi connectivity index (χ1) is 19.5. The Morgan fingerprint density at radius 2 is 1.98 bits per heavy atom. The van der Waals surface area contributed by atoms with Gasteiger partial charge in [0, 0.05) is 54.7 Å². The number of alkyl halides is 3. The minimum Gasteiger partial charge on any atom is -0.491 e. The molecule has 1 amide bonds. The van der Waals surface area contributed by atoms with Gasteiger partial charge in [-0.3, -0.25) is 9.36 Å². The van der Waals surface area contributed by atoms with Gasteiger partial charge in [-0.15, -0.1) is 0 Å². The van der Waals surface area contributed by atoms with Crippen LogP contribution in [0.3, 0.4) is 0 Å². The summed E-state index contributed by atoms with van der Waals surface area (Å²) in [4.78, 5) is 44.5. The van der Waals surface area contributed by atoms with E-state index in [0.29, 0.717) is 12.4 Å². The van der Waals surface area contributed by atoms with E-state index in [0.717, 1.165) is 24.3 Å². The topological polar surface area (TPSA) is 84.7 Å². The van der Waals surface area contributed by atoms with Crippen LogP contribution >= 0.6 is 0 Å². The summed E-state index contributed by atoms with van der Waals surface area (Å²) in [6, 6.07) is 1.84. The summed E-state index contributed by atoms with van der Waals surface area (Å²) in [6.45, 7) is 5.31. The second kappa shape index (κ2) is 10.6. The van der Waals surface area contributed by atoms with Gasteiger partial charge < -0.3 is 19.3 Å². The summed E-state index contributed by atoms with van der Waals surface area (Å²) in [5, 5.41) is -0.0688. The van der Waals surface area contributed by atoms with Crippen LogP contribution < -0.4 is 15.3 Å². The van der Waals surface area contributed by atoms with Crippen LogP contribution in [-0.4, -0.2) is 58.4 Å². The summed E-state index contributed by atoms with van der Waals surface area (Å²) in [7, 11) is 0. The summed E-state index contributed by atoms with van der Waals surface area (Å²) in [5.74, 6) is -3.06. The Hall–Kier alpha value is -4.29.